The van der Waals surface area contributed by atoms with Gasteiger partial charge in [0.25, 0.3) is 0 Å². The average Bonchev–Trinajstić information content (AvgIpc) is 2.28. The lowest BCUT2D eigenvalue weighted by molar-refractivity contribution is 0.243. The number of carbonyl (C=O) groups excluding carboxylic acids is 1. The van der Waals surface area contributed by atoms with Crippen molar-refractivity contribution in [1.29, 1.82) is 0 Å². The second kappa shape index (κ2) is 4.74. The maximum Gasteiger partial charge on any atom is 0.321 e. The first kappa shape index (κ1) is 11.3. The lowest BCUT2D eigenvalue weighted by atomic mass is 10.2. The van der Waals surface area contributed by atoms with Crippen molar-refractivity contribution in [2.24, 2.45) is 0 Å². The number of hydrogen-bond acceptors (Lipinski definition) is 2. The van der Waals surface area contributed by atoms with E-state index in [2.05, 4.69) is 21.2 Å². The van der Waals surface area contributed by atoms with Gasteiger partial charge in [0.2, 0.25) is 0 Å². The van der Waals surface area contributed by atoms with Crippen molar-refractivity contribution in [1.82, 2.24) is 5.32 Å². The van der Waals surface area contributed by atoms with E-state index in [-0.39, 0.29) is 6.03 Å². The third kappa shape index (κ3) is 2.29. The molecule has 0 saturated carbocycles. The standard InChI is InChI=1S/C11H13BrN2O2/c1-16-10-6-8(12)5-9(7-10)14-4-2-3-13-11(14)15/h5-7H,2-4H2,1H3,(H,13,15). The van der Waals surface area contributed by atoms with Crippen LogP contribution >= 0.6 is 15.9 Å². The van der Waals surface area contributed by atoms with Crippen molar-refractivity contribution in [3.63, 3.8) is 0 Å². The van der Waals surface area contributed by atoms with Crippen molar-refractivity contribution >= 4 is 27.6 Å². The van der Waals surface area contributed by atoms with E-state index in [0.29, 0.717) is 0 Å². The van der Waals surface area contributed by atoms with Crippen molar-refractivity contribution in [3.8, 4) is 5.75 Å². The van der Waals surface area contributed by atoms with E-state index in [1.54, 1.807) is 12.0 Å². The van der Waals surface area contributed by atoms with Crippen LogP contribution in [0, 0.1) is 0 Å². The number of hydrogen-bond donors (Lipinski definition) is 1. The predicted molar refractivity (Wildman–Crippen MR) is 66.1 cm³/mol. The van der Waals surface area contributed by atoms with E-state index in [0.717, 1.165) is 35.4 Å². The fourth-order valence-electron chi connectivity index (χ4n) is 1.70. The van der Waals surface area contributed by atoms with E-state index in [4.69, 9.17) is 4.74 Å². The number of carbonyl (C=O) groups is 1. The molecule has 4 nitrogen and oxygen atoms in total. The molecule has 1 heterocycles. The number of ether oxygens (including phenoxy) is 1. The molecular formula is C11H13BrN2O2. The van der Waals surface area contributed by atoms with Gasteiger partial charge in [-0.25, -0.2) is 4.79 Å². The van der Waals surface area contributed by atoms with Gasteiger partial charge in [-0.2, -0.15) is 0 Å². The fraction of sp³-hybridized carbons (Fsp3) is 0.364. The SMILES string of the molecule is COc1cc(Br)cc(N2CCCNC2=O)c1. The van der Waals surface area contributed by atoms with Crippen LogP contribution in [0.25, 0.3) is 0 Å². The van der Waals surface area contributed by atoms with Gasteiger partial charge < -0.3 is 10.1 Å². The zero-order chi connectivity index (χ0) is 11.5. The van der Waals surface area contributed by atoms with E-state index < -0.39 is 0 Å². The normalized spacial score (nSPS) is 15.9. The summed E-state index contributed by atoms with van der Waals surface area (Å²) in [5, 5.41) is 2.82. The van der Waals surface area contributed by atoms with Crippen LogP contribution in [0.1, 0.15) is 6.42 Å². The quantitative estimate of drug-likeness (QED) is 0.906. The molecule has 2 rings (SSSR count). The molecular weight excluding hydrogens is 272 g/mol. The van der Waals surface area contributed by atoms with Gasteiger partial charge in [-0.3, -0.25) is 4.90 Å². The van der Waals surface area contributed by atoms with Gasteiger partial charge in [0.05, 0.1) is 12.8 Å². The molecule has 0 unspecified atom stereocenters. The minimum Gasteiger partial charge on any atom is -0.497 e. The molecule has 0 atom stereocenters. The van der Waals surface area contributed by atoms with Crippen LogP contribution in [0.2, 0.25) is 0 Å². The Bertz CT molecular complexity index is 409. The molecule has 1 fully saturated rings. The van der Waals surface area contributed by atoms with E-state index in [1.165, 1.54) is 0 Å². The summed E-state index contributed by atoms with van der Waals surface area (Å²) < 4.78 is 6.08. The van der Waals surface area contributed by atoms with Gasteiger partial charge in [0, 0.05) is 23.6 Å². The molecule has 1 saturated heterocycles. The molecule has 16 heavy (non-hydrogen) atoms. The van der Waals surface area contributed by atoms with Gasteiger partial charge in [-0.05, 0) is 18.6 Å². The summed E-state index contributed by atoms with van der Waals surface area (Å²) in [6.45, 7) is 1.49. The lowest BCUT2D eigenvalue weighted by Gasteiger charge is -2.27. The molecule has 1 aliphatic rings. The van der Waals surface area contributed by atoms with Crippen LogP contribution in [-0.4, -0.2) is 26.2 Å². The number of urea groups is 1. The van der Waals surface area contributed by atoms with Crippen LogP contribution in [0.3, 0.4) is 0 Å². The Hall–Kier alpha value is -1.23. The average molecular weight is 285 g/mol. The number of amides is 2. The van der Waals surface area contributed by atoms with Gasteiger partial charge in [0.15, 0.2) is 0 Å². The maximum atomic E-state index is 11.7. The molecule has 0 bridgehead atoms. The Morgan fingerprint density at radius 1 is 1.44 bits per heavy atom. The number of nitrogens with one attached hydrogen (secondary N) is 1. The molecule has 1 N–H and O–H groups in total. The third-order valence-electron chi connectivity index (χ3n) is 2.48. The highest BCUT2D eigenvalue weighted by Crippen LogP contribution is 2.27. The zero-order valence-electron chi connectivity index (χ0n) is 9.00. The highest BCUT2D eigenvalue weighted by molar-refractivity contribution is 9.10. The van der Waals surface area contributed by atoms with Gasteiger partial charge in [0.1, 0.15) is 5.75 Å². The van der Waals surface area contributed by atoms with Gasteiger partial charge >= 0.3 is 6.03 Å². The number of halogens is 1. The molecule has 0 aromatic heterocycles. The molecule has 5 heteroatoms. The highest BCUT2D eigenvalue weighted by atomic mass is 79.9. The van der Waals surface area contributed by atoms with Crippen molar-refractivity contribution < 1.29 is 9.53 Å². The minimum absolute atomic E-state index is 0.0496. The Balaban J connectivity index is 2.31. The van der Waals surface area contributed by atoms with Crippen molar-refractivity contribution in [2.45, 2.75) is 6.42 Å². The number of methoxy groups -OCH3 is 1. The van der Waals surface area contributed by atoms with Crippen LogP contribution in [0.15, 0.2) is 22.7 Å². The Morgan fingerprint density at radius 3 is 2.94 bits per heavy atom. The molecule has 1 aromatic rings. The summed E-state index contributed by atoms with van der Waals surface area (Å²) in [6, 6.07) is 5.58. The lowest BCUT2D eigenvalue weighted by Crippen LogP contribution is -2.46. The maximum absolute atomic E-state index is 11.7. The summed E-state index contributed by atoms with van der Waals surface area (Å²) >= 11 is 3.40. The molecule has 86 valence electrons. The monoisotopic (exact) mass is 284 g/mol. The first-order valence-corrected chi connectivity index (χ1v) is 5.90. The van der Waals surface area contributed by atoms with Crippen molar-refractivity contribution in [3.05, 3.63) is 22.7 Å². The van der Waals surface area contributed by atoms with E-state index in [9.17, 15) is 4.79 Å². The molecule has 0 aliphatic carbocycles. The van der Waals surface area contributed by atoms with Crippen LogP contribution in [0.5, 0.6) is 5.75 Å². The fourth-order valence-corrected chi connectivity index (χ4v) is 2.16. The third-order valence-corrected chi connectivity index (χ3v) is 2.94. The largest absolute Gasteiger partial charge is 0.497 e. The Morgan fingerprint density at radius 2 is 2.25 bits per heavy atom. The molecule has 1 aromatic carbocycles. The zero-order valence-corrected chi connectivity index (χ0v) is 10.6. The number of rotatable bonds is 2. The summed E-state index contributed by atoms with van der Waals surface area (Å²) in [4.78, 5) is 13.4. The first-order chi connectivity index (χ1) is 7.70. The summed E-state index contributed by atoms with van der Waals surface area (Å²) in [5.41, 5.74) is 0.850. The minimum atomic E-state index is -0.0496. The van der Waals surface area contributed by atoms with E-state index >= 15 is 0 Å². The molecule has 0 spiro atoms. The highest BCUT2D eigenvalue weighted by Gasteiger charge is 2.19. The molecule has 2 amide bonds. The molecule has 0 radical (unpaired) electrons. The molecule has 1 aliphatic heterocycles. The second-order valence-electron chi connectivity index (χ2n) is 3.59. The summed E-state index contributed by atoms with van der Waals surface area (Å²) in [6.07, 6.45) is 0.959. The number of anilines is 1. The summed E-state index contributed by atoms with van der Waals surface area (Å²) in [7, 11) is 1.61. The summed E-state index contributed by atoms with van der Waals surface area (Å²) in [5.74, 6) is 0.739. The second-order valence-corrected chi connectivity index (χ2v) is 4.50. The topological polar surface area (TPSA) is 41.6 Å². The van der Waals surface area contributed by atoms with Gasteiger partial charge in [-0.1, -0.05) is 15.9 Å². The first-order valence-electron chi connectivity index (χ1n) is 5.10. The Labute approximate surface area is 103 Å². The number of nitrogens with zero attached hydrogens (tertiary/aromatic N) is 1. The van der Waals surface area contributed by atoms with Crippen LogP contribution in [0.4, 0.5) is 10.5 Å². The Kier molecular flexibility index (Phi) is 3.33. The van der Waals surface area contributed by atoms with Gasteiger partial charge in [-0.15, -0.1) is 0 Å². The van der Waals surface area contributed by atoms with Crippen LogP contribution in [-0.2, 0) is 0 Å². The van der Waals surface area contributed by atoms with E-state index in [1.807, 2.05) is 18.2 Å². The predicted octanol–water partition coefficient (Wildman–Crippen LogP) is 2.38. The van der Waals surface area contributed by atoms with Crippen molar-refractivity contribution in [2.75, 3.05) is 25.1 Å². The van der Waals surface area contributed by atoms with Crippen LogP contribution < -0.4 is 15.0 Å². The smallest absolute Gasteiger partial charge is 0.321 e. The number of benzene rings is 1.